The van der Waals surface area contributed by atoms with Crippen LogP contribution in [0.4, 0.5) is 0 Å². The first-order valence-corrected chi connectivity index (χ1v) is 10.4. The van der Waals surface area contributed by atoms with Crippen molar-refractivity contribution in [1.82, 2.24) is 0 Å². The highest BCUT2D eigenvalue weighted by Crippen LogP contribution is 2.47. The molecule has 29 heavy (non-hydrogen) atoms. The summed E-state index contributed by atoms with van der Waals surface area (Å²) in [5.74, 6) is 2.17. The van der Waals surface area contributed by atoms with Crippen molar-refractivity contribution in [1.29, 1.82) is 0 Å². The molecule has 0 N–H and O–H groups in total. The maximum absolute atomic E-state index is 13.2. The molecule has 0 saturated heterocycles. The number of carbonyl (C=O) groups is 1. The zero-order chi connectivity index (χ0) is 21.3. The van der Waals surface area contributed by atoms with Gasteiger partial charge in [-0.05, 0) is 27.6 Å². The third-order valence-electron chi connectivity index (χ3n) is 4.94. The Morgan fingerprint density at radius 3 is 2.34 bits per heavy atom. The van der Waals surface area contributed by atoms with E-state index in [9.17, 15) is 4.79 Å². The Kier molecular flexibility index (Phi) is 6.50. The standard InChI is InChI=1S/C20H22Br2O7/c1-24-11-7-12(25-2)15-13(8-11)29-18(16(21)17(15)23)10-6-14(26-3)19(27-4)20(22,9-10)28-5/h6-8,16,18H,9H2,1-5H3. The number of hydrogen-bond acceptors (Lipinski definition) is 7. The first kappa shape index (κ1) is 22.0. The lowest BCUT2D eigenvalue weighted by molar-refractivity contribution is 0.0399. The first-order chi connectivity index (χ1) is 13.8. The lowest BCUT2D eigenvalue weighted by atomic mass is 9.89. The zero-order valence-electron chi connectivity index (χ0n) is 16.7. The monoisotopic (exact) mass is 532 g/mol. The fourth-order valence-electron chi connectivity index (χ4n) is 3.48. The third kappa shape index (κ3) is 3.75. The van der Waals surface area contributed by atoms with Gasteiger partial charge in [-0.25, -0.2) is 0 Å². The van der Waals surface area contributed by atoms with Gasteiger partial charge >= 0.3 is 0 Å². The molecule has 0 amide bonds. The topological polar surface area (TPSA) is 72.5 Å². The zero-order valence-corrected chi connectivity index (χ0v) is 19.9. The van der Waals surface area contributed by atoms with Crippen molar-refractivity contribution >= 4 is 37.6 Å². The number of alkyl halides is 2. The number of benzene rings is 1. The predicted octanol–water partition coefficient (Wildman–Crippen LogP) is 3.98. The number of allylic oxidation sites excluding steroid dienone is 1. The van der Waals surface area contributed by atoms with Crippen LogP contribution >= 0.6 is 31.9 Å². The van der Waals surface area contributed by atoms with Crippen molar-refractivity contribution in [3.8, 4) is 17.2 Å². The third-order valence-corrected chi connectivity index (χ3v) is 6.80. The van der Waals surface area contributed by atoms with E-state index in [-0.39, 0.29) is 5.78 Å². The van der Waals surface area contributed by atoms with Crippen LogP contribution in [0, 0.1) is 0 Å². The van der Waals surface area contributed by atoms with Gasteiger partial charge in [0, 0.05) is 25.7 Å². The van der Waals surface area contributed by atoms with Crippen molar-refractivity contribution < 1.29 is 33.2 Å². The Balaban J connectivity index is 2.08. The number of halogens is 2. The summed E-state index contributed by atoms with van der Waals surface area (Å²) in [7, 11) is 7.69. The van der Waals surface area contributed by atoms with Crippen molar-refractivity contribution in [2.24, 2.45) is 0 Å². The molecule has 1 heterocycles. The molecule has 9 heteroatoms. The number of methoxy groups -OCH3 is 5. The molecular formula is C20H22Br2O7. The second kappa shape index (κ2) is 8.57. The fourth-order valence-corrected chi connectivity index (χ4v) is 4.84. The van der Waals surface area contributed by atoms with Crippen LogP contribution in [-0.2, 0) is 14.2 Å². The van der Waals surface area contributed by atoms with E-state index < -0.39 is 15.4 Å². The average Bonchev–Trinajstić information content (AvgIpc) is 2.74. The van der Waals surface area contributed by atoms with E-state index >= 15 is 0 Å². The van der Waals surface area contributed by atoms with Crippen LogP contribution < -0.4 is 14.2 Å². The van der Waals surface area contributed by atoms with Crippen LogP contribution in [0.15, 0.2) is 35.3 Å². The van der Waals surface area contributed by atoms with Gasteiger partial charge in [-0.15, -0.1) is 0 Å². The summed E-state index contributed by atoms with van der Waals surface area (Å²) >= 11 is 7.11. The van der Waals surface area contributed by atoms with Crippen LogP contribution in [0.2, 0.25) is 0 Å². The second-order valence-electron chi connectivity index (χ2n) is 6.44. The average molecular weight is 534 g/mol. The van der Waals surface area contributed by atoms with Gasteiger partial charge in [0.2, 0.25) is 0 Å². The van der Waals surface area contributed by atoms with Crippen LogP contribution in [-0.4, -0.2) is 56.8 Å². The number of ketones is 1. The molecule has 0 spiro atoms. The normalized spacial score (nSPS) is 26.3. The summed E-state index contributed by atoms with van der Waals surface area (Å²) in [4.78, 5) is 12.5. The minimum Gasteiger partial charge on any atom is -0.496 e. The molecule has 3 unspecified atom stereocenters. The number of fused-ring (bicyclic) bond motifs is 1. The molecule has 0 radical (unpaired) electrons. The molecule has 1 aromatic rings. The smallest absolute Gasteiger partial charge is 0.188 e. The summed E-state index contributed by atoms with van der Waals surface area (Å²) in [6.45, 7) is 0. The molecule has 1 aromatic carbocycles. The van der Waals surface area contributed by atoms with Gasteiger partial charge in [-0.2, -0.15) is 0 Å². The van der Waals surface area contributed by atoms with Crippen molar-refractivity contribution in [2.45, 2.75) is 21.9 Å². The Hall–Kier alpha value is -1.71. The molecule has 0 fully saturated rings. The Labute approximate surface area is 186 Å². The van der Waals surface area contributed by atoms with Gasteiger partial charge in [-0.1, -0.05) is 15.9 Å². The number of carbonyl (C=O) groups excluding carboxylic acids is 1. The van der Waals surface area contributed by atoms with E-state index in [2.05, 4.69) is 31.9 Å². The highest BCUT2D eigenvalue weighted by Gasteiger charge is 2.46. The van der Waals surface area contributed by atoms with Crippen molar-refractivity contribution in [2.75, 3.05) is 35.5 Å². The van der Waals surface area contributed by atoms with E-state index in [1.165, 1.54) is 7.11 Å². The molecule has 158 valence electrons. The molecule has 1 aliphatic carbocycles. The molecule has 2 aliphatic rings. The van der Waals surface area contributed by atoms with Gasteiger partial charge in [0.1, 0.15) is 33.7 Å². The first-order valence-electron chi connectivity index (χ1n) is 8.71. The van der Waals surface area contributed by atoms with Crippen LogP contribution in [0.1, 0.15) is 16.8 Å². The van der Waals surface area contributed by atoms with Gasteiger partial charge < -0.3 is 28.4 Å². The summed E-state index contributed by atoms with van der Waals surface area (Å²) < 4.78 is 32.6. The Morgan fingerprint density at radius 2 is 1.79 bits per heavy atom. The Morgan fingerprint density at radius 1 is 1.07 bits per heavy atom. The van der Waals surface area contributed by atoms with Crippen molar-refractivity contribution in [3.63, 3.8) is 0 Å². The molecular weight excluding hydrogens is 512 g/mol. The maximum atomic E-state index is 13.2. The summed E-state index contributed by atoms with van der Waals surface area (Å²) in [6.07, 6.45) is 1.60. The number of hydrogen-bond donors (Lipinski definition) is 0. The van der Waals surface area contributed by atoms with Crippen LogP contribution in [0.25, 0.3) is 0 Å². The van der Waals surface area contributed by atoms with Gasteiger partial charge in [0.05, 0.1) is 28.4 Å². The number of rotatable bonds is 6. The minimum atomic E-state index is -0.942. The van der Waals surface area contributed by atoms with E-state index in [4.69, 9.17) is 28.4 Å². The fraction of sp³-hybridized carbons (Fsp3) is 0.450. The Bertz CT molecular complexity index is 880. The van der Waals surface area contributed by atoms with E-state index in [0.717, 1.165) is 5.57 Å². The van der Waals surface area contributed by atoms with Gasteiger partial charge in [-0.3, -0.25) is 4.79 Å². The minimum absolute atomic E-state index is 0.144. The van der Waals surface area contributed by atoms with E-state index in [1.54, 1.807) is 40.6 Å². The molecule has 7 nitrogen and oxygen atoms in total. The molecule has 0 saturated carbocycles. The number of ether oxygens (including phenoxy) is 6. The quantitative estimate of drug-likeness (QED) is 0.512. The molecule has 3 rings (SSSR count). The van der Waals surface area contributed by atoms with Crippen molar-refractivity contribution in [3.05, 3.63) is 40.9 Å². The lowest BCUT2D eigenvalue weighted by Gasteiger charge is -2.38. The molecule has 1 aliphatic heterocycles. The van der Waals surface area contributed by atoms with Gasteiger partial charge in [0.25, 0.3) is 0 Å². The summed E-state index contributed by atoms with van der Waals surface area (Å²) in [6, 6.07) is 3.33. The van der Waals surface area contributed by atoms with Crippen LogP contribution in [0.3, 0.4) is 0 Å². The molecule has 0 bridgehead atoms. The summed E-state index contributed by atoms with van der Waals surface area (Å²) in [5, 5.41) is 0. The largest absolute Gasteiger partial charge is 0.496 e. The lowest BCUT2D eigenvalue weighted by Crippen LogP contribution is -2.43. The highest BCUT2D eigenvalue weighted by molar-refractivity contribution is 9.10. The van der Waals surface area contributed by atoms with E-state index in [1.807, 2.05) is 6.08 Å². The second-order valence-corrected chi connectivity index (χ2v) is 8.70. The SMILES string of the molecule is COC1=C(OC)C(Br)(OC)CC(C2Oc3cc(OC)cc(OC)c3C(=O)C2Br)=C1. The molecule has 3 atom stereocenters. The highest BCUT2D eigenvalue weighted by atomic mass is 79.9. The maximum Gasteiger partial charge on any atom is 0.188 e. The van der Waals surface area contributed by atoms with Gasteiger partial charge in [0.15, 0.2) is 21.8 Å². The van der Waals surface area contributed by atoms with E-state index in [0.29, 0.717) is 40.8 Å². The predicted molar refractivity (Wildman–Crippen MR) is 113 cm³/mol. The van der Waals surface area contributed by atoms with Crippen LogP contribution in [0.5, 0.6) is 17.2 Å². The summed E-state index contributed by atoms with van der Waals surface area (Å²) in [5.41, 5.74) is 1.17. The molecule has 0 aromatic heterocycles. The number of Topliss-reactive ketones (excluding diaryl/α,β-unsaturated/α-hetero) is 1.